The number of aryl methyl sites for hydroxylation is 3. The lowest BCUT2D eigenvalue weighted by Gasteiger charge is -2.10. The number of nitrogens with zero attached hydrogens (tertiary/aromatic N) is 2. The topological polar surface area (TPSA) is 66.9 Å². The minimum absolute atomic E-state index is 0.298. The molecule has 0 spiro atoms. The van der Waals surface area contributed by atoms with Crippen molar-refractivity contribution in [3.8, 4) is 0 Å². The van der Waals surface area contributed by atoms with Gasteiger partial charge in [-0.05, 0) is 55.7 Å². The quantitative estimate of drug-likeness (QED) is 0.659. The van der Waals surface area contributed by atoms with Crippen LogP contribution in [0.15, 0.2) is 48.5 Å². The second-order valence-electron chi connectivity index (χ2n) is 6.42. The predicted molar refractivity (Wildman–Crippen MR) is 109 cm³/mol. The molecule has 1 aromatic heterocycles. The van der Waals surface area contributed by atoms with Gasteiger partial charge in [-0.25, -0.2) is 9.97 Å². The zero-order chi connectivity index (χ0) is 19.4. The maximum Gasteiger partial charge on any atom is 0.274 e. The van der Waals surface area contributed by atoms with Crippen LogP contribution < -0.4 is 10.6 Å². The van der Waals surface area contributed by atoms with Crippen molar-refractivity contribution in [1.82, 2.24) is 9.97 Å². The Kier molecular flexibility index (Phi) is 5.72. The minimum atomic E-state index is -0.306. The van der Waals surface area contributed by atoms with E-state index in [0.717, 1.165) is 11.1 Å². The van der Waals surface area contributed by atoms with Gasteiger partial charge in [0.15, 0.2) is 0 Å². The summed E-state index contributed by atoms with van der Waals surface area (Å²) in [5, 5.41) is 6.62. The van der Waals surface area contributed by atoms with E-state index < -0.39 is 0 Å². The summed E-state index contributed by atoms with van der Waals surface area (Å²) in [7, 11) is 0. The zero-order valence-electron chi connectivity index (χ0n) is 15.5. The summed E-state index contributed by atoms with van der Waals surface area (Å²) in [4.78, 5) is 21.3. The highest BCUT2D eigenvalue weighted by atomic mass is 35.5. The summed E-state index contributed by atoms with van der Waals surface area (Å²) in [5.41, 5.74) is 4.93. The van der Waals surface area contributed by atoms with Gasteiger partial charge in [0, 0.05) is 22.9 Å². The van der Waals surface area contributed by atoms with Gasteiger partial charge >= 0.3 is 0 Å². The number of hydrogen-bond donors (Lipinski definition) is 2. The fourth-order valence-electron chi connectivity index (χ4n) is 2.61. The van der Waals surface area contributed by atoms with E-state index in [1.807, 2.05) is 44.2 Å². The highest BCUT2D eigenvalue weighted by Gasteiger charge is 2.12. The normalized spacial score (nSPS) is 10.5. The van der Waals surface area contributed by atoms with Crippen LogP contribution in [0, 0.1) is 20.8 Å². The molecule has 5 nitrogen and oxygen atoms in total. The molecule has 3 aromatic rings. The number of aromatic nitrogens is 2. The first-order chi connectivity index (χ1) is 12.9. The van der Waals surface area contributed by atoms with E-state index in [0.29, 0.717) is 34.6 Å². The Morgan fingerprint density at radius 1 is 1.00 bits per heavy atom. The maximum absolute atomic E-state index is 12.6. The van der Waals surface area contributed by atoms with Gasteiger partial charge in [-0.15, -0.1) is 0 Å². The van der Waals surface area contributed by atoms with Crippen LogP contribution in [-0.4, -0.2) is 15.9 Å². The number of hydrogen-bond acceptors (Lipinski definition) is 4. The second-order valence-corrected chi connectivity index (χ2v) is 6.82. The van der Waals surface area contributed by atoms with Gasteiger partial charge < -0.3 is 10.6 Å². The summed E-state index contributed by atoms with van der Waals surface area (Å²) in [6, 6.07) is 15.1. The summed E-state index contributed by atoms with van der Waals surface area (Å²) >= 11 is 6.12. The number of carbonyl (C=O) groups is 1. The van der Waals surface area contributed by atoms with E-state index in [9.17, 15) is 4.79 Å². The van der Waals surface area contributed by atoms with Crippen molar-refractivity contribution < 1.29 is 4.79 Å². The SMILES string of the molecule is Cc1cc(C(=O)Nc2ccc(C)c(Cl)c2)nc(NCc2ccccc2C)n1. The first-order valence-electron chi connectivity index (χ1n) is 8.64. The van der Waals surface area contributed by atoms with Gasteiger partial charge in [0.05, 0.1) is 0 Å². The number of benzene rings is 2. The molecule has 0 saturated heterocycles. The van der Waals surface area contributed by atoms with Crippen molar-refractivity contribution >= 4 is 29.1 Å². The van der Waals surface area contributed by atoms with Gasteiger partial charge in [0.2, 0.25) is 5.95 Å². The first kappa shape index (κ1) is 18.9. The fourth-order valence-corrected chi connectivity index (χ4v) is 2.79. The molecule has 6 heteroatoms. The van der Waals surface area contributed by atoms with Crippen LogP contribution in [0.4, 0.5) is 11.6 Å². The second kappa shape index (κ2) is 8.18. The molecule has 1 amide bonds. The number of halogens is 1. The largest absolute Gasteiger partial charge is 0.350 e. The van der Waals surface area contributed by atoms with E-state index in [1.165, 1.54) is 5.56 Å². The van der Waals surface area contributed by atoms with Gasteiger partial charge in [-0.2, -0.15) is 0 Å². The average molecular weight is 381 g/mol. The molecular formula is C21H21ClN4O. The van der Waals surface area contributed by atoms with Crippen LogP contribution in [0.5, 0.6) is 0 Å². The molecule has 0 unspecified atom stereocenters. The summed E-state index contributed by atoms with van der Waals surface area (Å²) in [6.45, 7) is 6.39. The molecule has 3 rings (SSSR count). The number of nitrogens with one attached hydrogen (secondary N) is 2. The molecule has 27 heavy (non-hydrogen) atoms. The monoisotopic (exact) mass is 380 g/mol. The number of rotatable bonds is 5. The Bertz CT molecular complexity index is 988. The van der Waals surface area contributed by atoms with Crippen molar-refractivity contribution in [2.24, 2.45) is 0 Å². The van der Waals surface area contributed by atoms with E-state index >= 15 is 0 Å². The Morgan fingerprint density at radius 3 is 2.52 bits per heavy atom. The Balaban J connectivity index is 1.75. The third-order valence-corrected chi connectivity index (χ3v) is 4.62. The van der Waals surface area contributed by atoms with Crippen LogP contribution in [-0.2, 0) is 6.54 Å². The maximum atomic E-state index is 12.6. The smallest absolute Gasteiger partial charge is 0.274 e. The summed E-state index contributed by atoms with van der Waals surface area (Å²) in [6.07, 6.45) is 0. The lowest BCUT2D eigenvalue weighted by atomic mass is 10.1. The number of anilines is 2. The van der Waals surface area contributed by atoms with Gasteiger partial charge in [0.1, 0.15) is 5.69 Å². The van der Waals surface area contributed by atoms with Crippen molar-refractivity contribution in [1.29, 1.82) is 0 Å². The van der Waals surface area contributed by atoms with Gasteiger partial charge in [-0.1, -0.05) is 41.9 Å². The Hall–Kier alpha value is -2.92. The molecule has 138 valence electrons. The van der Waals surface area contributed by atoms with Gasteiger partial charge in [-0.3, -0.25) is 4.79 Å². The van der Waals surface area contributed by atoms with Crippen molar-refractivity contribution in [2.45, 2.75) is 27.3 Å². The number of amides is 1. The number of carbonyl (C=O) groups excluding carboxylic acids is 1. The Morgan fingerprint density at radius 2 is 1.78 bits per heavy atom. The molecule has 0 radical (unpaired) electrons. The zero-order valence-corrected chi connectivity index (χ0v) is 16.3. The summed E-state index contributed by atoms with van der Waals surface area (Å²) < 4.78 is 0. The first-order valence-corrected chi connectivity index (χ1v) is 9.02. The molecule has 2 aromatic carbocycles. The molecule has 0 aliphatic carbocycles. The molecule has 0 aliphatic rings. The fraction of sp³-hybridized carbons (Fsp3) is 0.190. The van der Waals surface area contributed by atoms with Crippen molar-refractivity contribution in [2.75, 3.05) is 10.6 Å². The summed E-state index contributed by atoms with van der Waals surface area (Å²) in [5.74, 6) is 0.115. The van der Waals surface area contributed by atoms with E-state index in [1.54, 1.807) is 12.1 Å². The van der Waals surface area contributed by atoms with E-state index in [-0.39, 0.29) is 5.91 Å². The third kappa shape index (κ3) is 4.83. The lowest BCUT2D eigenvalue weighted by molar-refractivity contribution is 0.102. The average Bonchev–Trinajstić information content (AvgIpc) is 2.63. The van der Waals surface area contributed by atoms with Crippen LogP contribution in [0.3, 0.4) is 0 Å². The predicted octanol–water partition coefficient (Wildman–Crippen LogP) is 4.92. The molecule has 0 fully saturated rings. The van der Waals surface area contributed by atoms with Crippen LogP contribution in [0.25, 0.3) is 0 Å². The van der Waals surface area contributed by atoms with E-state index in [4.69, 9.17) is 11.6 Å². The van der Waals surface area contributed by atoms with Crippen LogP contribution in [0.2, 0.25) is 5.02 Å². The van der Waals surface area contributed by atoms with Crippen molar-refractivity contribution in [3.05, 3.63) is 81.6 Å². The molecular weight excluding hydrogens is 360 g/mol. The molecule has 1 heterocycles. The molecule has 0 bridgehead atoms. The molecule has 0 atom stereocenters. The van der Waals surface area contributed by atoms with E-state index in [2.05, 4.69) is 33.6 Å². The van der Waals surface area contributed by atoms with Gasteiger partial charge in [0.25, 0.3) is 5.91 Å². The standard InChI is InChI=1S/C21H21ClN4O/c1-13-6-4-5-7-16(13)12-23-21-24-15(3)10-19(26-21)20(27)25-17-9-8-14(2)18(22)11-17/h4-11H,12H2,1-3H3,(H,25,27)(H,23,24,26). The lowest BCUT2D eigenvalue weighted by Crippen LogP contribution is -2.16. The van der Waals surface area contributed by atoms with Crippen molar-refractivity contribution in [3.63, 3.8) is 0 Å². The Labute approximate surface area is 163 Å². The molecule has 2 N–H and O–H groups in total. The molecule has 0 aliphatic heterocycles. The molecule has 0 saturated carbocycles. The van der Waals surface area contributed by atoms with Crippen LogP contribution >= 0.6 is 11.6 Å². The van der Waals surface area contributed by atoms with Crippen LogP contribution in [0.1, 0.15) is 32.9 Å². The highest BCUT2D eigenvalue weighted by Crippen LogP contribution is 2.20. The minimum Gasteiger partial charge on any atom is -0.350 e. The third-order valence-electron chi connectivity index (χ3n) is 4.21. The highest BCUT2D eigenvalue weighted by molar-refractivity contribution is 6.31.